The van der Waals surface area contributed by atoms with Gasteiger partial charge < -0.3 is 25.2 Å². The summed E-state index contributed by atoms with van der Waals surface area (Å²) in [6, 6.07) is 0. The third-order valence-electron chi connectivity index (χ3n) is 3.04. The van der Waals surface area contributed by atoms with Gasteiger partial charge in [0.2, 0.25) is 12.5 Å². The molecule has 0 aliphatic carbocycles. The average Bonchev–Trinajstić information content (AvgIpc) is 2.45. The van der Waals surface area contributed by atoms with Crippen LogP contribution in [0.3, 0.4) is 0 Å². The Balaban J connectivity index is 5.53. The lowest BCUT2D eigenvalue weighted by Crippen LogP contribution is -2.54. The van der Waals surface area contributed by atoms with Gasteiger partial charge >= 0.3 is 23.9 Å². The van der Waals surface area contributed by atoms with Crippen molar-refractivity contribution in [1.82, 2.24) is 9.80 Å². The quantitative estimate of drug-likeness (QED) is 0.291. The second-order valence-corrected chi connectivity index (χ2v) is 5.25. The Morgan fingerprint density at radius 2 is 1.08 bits per heavy atom. The maximum Gasteiger partial charge on any atom is 0.348 e. The minimum absolute atomic E-state index is 0.0440. The van der Waals surface area contributed by atoms with Crippen molar-refractivity contribution in [2.45, 2.75) is 39.1 Å². The average molecular weight is 364 g/mol. The first kappa shape index (κ1) is 22.8. The van der Waals surface area contributed by atoms with Gasteiger partial charge in [0.25, 0.3) is 0 Å². The van der Waals surface area contributed by atoms with E-state index in [9.17, 15) is 29.4 Å². The summed E-state index contributed by atoms with van der Waals surface area (Å²) in [7, 11) is 0. The SMILES string of the molecule is CCCN(CC(=O)O)C(OC(C(=O)O)N(CCC)CC(=O)O)C(=O)O. The topological polar surface area (TPSA) is 165 Å². The molecule has 0 aromatic carbocycles. The van der Waals surface area contributed by atoms with Crippen LogP contribution in [-0.2, 0) is 23.9 Å². The van der Waals surface area contributed by atoms with Crippen LogP contribution >= 0.6 is 0 Å². The smallest absolute Gasteiger partial charge is 0.348 e. The molecule has 11 nitrogen and oxygen atoms in total. The van der Waals surface area contributed by atoms with E-state index in [0.29, 0.717) is 12.8 Å². The molecular weight excluding hydrogens is 340 g/mol. The van der Waals surface area contributed by atoms with Crippen molar-refractivity contribution in [1.29, 1.82) is 0 Å². The molecule has 0 spiro atoms. The Hall–Kier alpha value is -2.24. The van der Waals surface area contributed by atoms with Gasteiger partial charge in [0.05, 0.1) is 13.1 Å². The van der Waals surface area contributed by atoms with Crippen LogP contribution < -0.4 is 0 Å². The van der Waals surface area contributed by atoms with Gasteiger partial charge in [-0.2, -0.15) is 0 Å². The predicted octanol–water partition coefficient (Wildman–Crippen LogP) is -0.582. The van der Waals surface area contributed by atoms with Crippen LogP contribution in [0.2, 0.25) is 0 Å². The van der Waals surface area contributed by atoms with E-state index in [0.717, 1.165) is 9.80 Å². The number of aliphatic carboxylic acids is 4. The van der Waals surface area contributed by atoms with E-state index in [1.165, 1.54) is 0 Å². The summed E-state index contributed by atoms with van der Waals surface area (Å²) >= 11 is 0. The predicted molar refractivity (Wildman–Crippen MR) is 82.9 cm³/mol. The van der Waals surface area contributed by atoms with E-state index < -0.39 is 49.4 Å². The van der Waals surface area contributed by atoms with Crippen molar-refractivity contribution in [3.05, 3.63) is 0 Å². The van der Waals surface area contributed by atoms with E-state index in [1.807, 2.05) is 0 Å². The zero-order chi connectivity index (χ0) is 19.6. The van der Waals surface area contributed by atoms with Crippen LogP contribution in [0.4, 0.5) is 0 Å². The van der Waals surface area contributed by atoms with Crippen molar-refractivity contribution in [2.75, 3.05) is 26.2 Å². The molecule has 0 saturated carbocycles. The number of rotatable bonds is 14. The third-order valence-corrected chi connectivity index (χ3v) is 3.04. The highest BCUT2D eigenvalue weighted by molar-refractivity contribution is 5.77. The molecule has 0 radical (unpaired) electrons. The first-order chi connectivity index (χ1) is 11.6. The van der Waals surface area contributed by atoms with Gasteiger partial charge in [-0.25, -0.2) is 9.59 Å². The highest BCUT2D eigenvalue weighted by Crippen LogP contribution is 2.12. The first-order valence-electron chi connectivity index (χ1n) is 7.66. The normalized spacial score (nSPS) is 13.6. The van der Waals surface area contributed by atoms with E-state index >= 15 is 0 Å². The summed E-state index contributed by atoms with van der Waals surface area (Å²) in [5.74, 6) is -5.72. The molecule has 2 unspecified atom stereocenters. The summed E-state index contributed by atoms with van der Waals surface area (Å²) < 4.78 is 5.13. The molecule has 2 atom stereocenters. The van der Waals surface area contributed by atoms with E-state index in [-0.39, 0.29) is 13.1 Å². The lowest BCUT2D eigenvalue weighted by molar-refractivity contribution is -0.201. The molecule has 11 heteroatoms. The third kappa shape index (κ3) is 8.42. The molecule has 0 rings (SSSR count). The molecule has 0 amide bonds. The molecule has 0 aromatic heterocycles. The van der Waals surface area contributed by atoms with Crippen LogP contribution in [0.5, 0.6) is 0 Å². The molecule has 0 saturated heterocycles. The number of hydrogen-bond donors (Lipinski definition) is 4. The minimum atomic E-state index is -1.84. The molecular formula is C14H24N2O9. The fourth-order valence-corrected chi connectivity index (χ4v) is 2.20. The van der Waals surface area contributed by atoms with Crippen LogP contribution in [-0.4, -0.2) is 92.7 Å². The number of nitrogens with zero attached hydrogens (tertiary/aromatic N) is 2. The summed E-state index contributed by atoms with van der Waals surface area (Å²) in [5.41, 5.74) is 0. The van der Waals surface area contributed by atoms with Crippen molar-refractivity contribution >= 4 is 23.9 Å². The molecule has 4 N–H and O–H groups in total. The lowest BCUT2D eigenvalue weighted by Gasteiger charge is -2.33. The van der Waals surface area contributed by atoms with Crippen LogP contribution in [0.15, 0.2) is 0 Å². The summed E-state index contributed by atoms with van der Waals surface area (Å²) in [6.07, 6.45) is -2.87. The second-order valence-electron chi connectivity index (χ2n) is 5.25. The molecule has 0 heterocycles. The van der Waals surface area contributed by atoms with Crippen LogP contribution in [0, 0.1) is 0 Å². The zero-order valence-corrected chi connectivity index (χ0v) is 14.1. The van der Waals surface area contributed by atoms with Crippen LogP contribution in [0.1, 0.15) is 26.7 Å². The Morgan fingerprint density at radius 1 is 0.760 bits per heavy atom. The number of carboxylic acid groups (broad SMARTS) is 4. The molecule has 0 bridgehead atoms. The molecule has 0 fully saturated rings. The van der Waals surface area contributed by atoms with Gasteiger partial charge in [-0.3, -0.25) is 19.4 Å². The fraction of sp³-hybridized carbons (Fsp3) is 0.714. The van der Waals surface area contributed by atoms with Gasteiger partial charge in [0.1, 0.15) is 0 Å². The Morgan fingerprint density at radius 3 is 1.28 bits per heavy atom. The number of carbonyl (C=O) groups is 4. The molecule has 0 aliphatic heterocycles. The van der Waals surface area contributed by atoms with Crippen molar-refractivity contribution in [2.24, 2.45) is 0 Å². The standard InChI is InChI=1S/C14H24N2O9/c1-3-5-15(7-9(17)18)11(13(21)22)25-12(14(23)24)16(6-4-2)8-10(19)20/h11-12H,3-8H2,1-2H3,(H,17,18)(H,19,20)(H,21,22)(H,23,24). The van der Waals surface area contributed by atoms with Gasteiger partial charge in [-0.05, 0) is 12.8 Å². The number of hydrogen-bond acceptors (Lipinski definition) is 7. The largest absolute Gasteiger partial charge is 0.480 e. The zero-order valence-electron chi connectivity index (χ0n) is 14.1. The van der Waals surface area contributed by atoms with E-state index in [4.69, 9.17) is 14.9 Å². The Labute approximate surface area is 144 Å². The van der Waals surface area contributed by atoms with Crippen molar-refractivity contribution in [3.8, 4) is 0 Å². The summed E-state index contributed by atoms with van der Waals surface area (Å²) in [6.45, 7) is 2.14. The minimum Gasteiger partial charge on any atom is -0.480 e. The summed E-state index contributed by atoms with van der Waals surface area (Å²) in [5, 5.41) is 36.4. The summed E-state index contributed by atoms with van der Waals surface area (Å²) in [4.78, 5) is 46.7. The van der Waals surface area contributed by atoms with Crippen molar-refractivity contribution in [3.63, 3.8) is 0 Å². The van der Waals surface area contributed by atoms with Gasteiger partial charge in [0.15, 0.2) is 0 Å². The second kappa shape index (κ2) is 11.3. The maximum absolute atomic E-state index is 11.5. The van der Waals surface area contributed by atoms with E-state index in [2.05, 4.69) is 0 Å². The Bertz CT molecular complexity index is 441. The lowest BCUT2D eigenvalue weighted by atomic mass is 10.3. The molecule has 25 heavy (non-hydrogen) atoms. The van der Waals surface area contributed by atoms with Crippen molar-refractivity contribution < 1.29 is 44.3 Å². The van der Waals surface area contributed by atoms with E-state index in [1.54, 1.807) is 13.8 Å². The molecule has 0 aliphatic rings. The highest BCUT2D eigenvalue weighted by atomic mass is 16.6. The fourth-order valence-electron chi connectivity index (χ4n) is 2.20. The first-order valence-corrected chi connectivity index (χ1v) is 7.66. The number of carboxylic acids is 4. The number of ether oxygens (including phenoxy) is 1. The molecule has 0 aromatic rings. The highest BCUT2D eigenvalue weighted by Gasteiger charge is 2.36. The monoisotopic (exact) mass is 364 g/mol. The van der Waals surface area contributed by atoms with Gasteiger partial charge in [-0.15, -0.1) is 0 Å². The van der Waals surface area contributed by atoms with Gasteiger partial charge in [-0.1, -0.05) is 13.8 Å². The molecule has 144 valence electrons. The maximum atomic E-state index is 11.5. The Kier molecular flexibility index (Phi) is 10.3. The van der Waals surface area contributed by atoms with Crippen LogP contribution in [0.25, 0.3) is 0 Å². The van der Waals surface area contributed by atoms with Gasteiger partial charge in [0, 0.05) is 13.1 Å².